The molecule has 7 nitrogen and oxygen atoms in total. The van der Waals surface area contributed by atoms with E-state index in [9.17, 15) is 9.59 Å². The van der Waals surface area contributed by atoms with Gasteiger partial charge in [-0.2, -0.15) is 0 Å². The molecule has 1 aliphatic heterocycles. The first kappa shape index (κ1) is 15.2. The number of aromatic nitrogens is 3. The Kier molecular flexibility index (Phi) is 4.36. The van der Waals surface area contributed by atoms with Crippen LogP contribution in [0.4, 0.5) is 0 Å². The van der Waals surface area contributed by atoms with Crippen molar-refractivity contribution in [3.63, 3.8) is 0 Å². The van der Waals surface area contributed by atoms with Crippen LogP contribution in [-0.4, -0.2) is 62.3 Å². The van der Waals surface area contributed by atoms with Crippen molar-refractivity contribution in [2.24, 2.45) is 7.05 Å². The van der Waals surface area contributed by atoms with Gasteiger partial charge in [-0.1, -0.05) is 0 Å². The maximum atomic E-state index is 12.5. The van der Waals surface area contributed by atoms with Gasteiger partial charge in [-0.25, -0.2) is 4.98 Å². The third-order valence-corrected chi connectivity index (χ3v) is 3.93. The third kappa shape index (κ3) is 3.39. The van der Waals surface area contributed by atoms with E-state index in [1.54, 1.807) is 16.0 Å². The molecule has 0 atom stereocenters. The van der Waals surface area contributed by atoms with Crippen LogP contribution in [0.25, 0.3) is 0 Å². The summed E-state index contributed by atoms with van der Waals surface area (Å²) in [7, 11) is 1.89. The Hall–Kier alpha value is -2.70. The van der Waals surface area contributed by atoms with Crippen molar-refractivity contribution in [3.05, 3.63) is 48.3 Å². The molecule has 3 rings (SSSR count). The Bertz CT molecular complexity index is 698. The Morgan fingerprint density at radius 2 is 1.78 bits per heavy atom. The van der Waals surface area contributed by atoms with Gasteiger partial charge < -0.3 is 14.4 Å². The van der Waals surface area contributed by atoms with Crippen molar-refractivity contribution >= 4 is 11.8 Å². The van der Waals surface area contributed by atoms with Gasteiger partial charge in [-0.05, 0) is 12.5 Å². The molecule has 1 saturated heterocycles. The summed E-state index contributed by atoms with van der Waals surface area (Å²) in [5.74, 6) is -0.119. The average molecular weight is 313 g/mol. The van der Waals surface area contributed by atoms with Crippen LogP contribution in [0.3, 0.4) is 0 Å². The predicted molar refractivity (Wildman–Crippen MR) is 83.9 cm³/mol. The van der Waals surface area contributed by atoms with Crippen molar-refractivity contribution < 1.29 is 9.59 Å². The van der Waals surface area contributed by atoms with Crippen LogP contribution in [0.15, 0.2) is 37.1 Å². The Balaban J connectivity index is 1.65. The number of rotatable bonds is 2. The highest BCUT2D eigenvalue weighted by Crippen LogP contribution is 2.11. The van der Waals surface area contributed by atoms with Crippen LogP contribution in [0.1, 0.15) is 27.3 Å². The molecule has 0 aliphatic carbocycles. The standard InChI is InChI=1S/C16H19N5O2/c1-19-8-3-13(12-19)15(22)20-6-2-7-21(10-9-20)16(23)14-11-17-4-5-18-14/h3-5,8,11-12H,2,6-7,9-10H2,1H3. The smallest absolute Gasteiger partial charge is 0.274 e. The number of carbonyl (C=O) groups excluding carboxylic acids is 2. The largest absolute Gasteiger partial charge is 0.356 e. The van der Waals surface area contributed by atoms with E-state index in [2.05, 4.69) is 9.97 Å². The molecule has 1 fully saturated rings. The zero-order valence-corrected chi connectivity index (χ0v) is 13.1. The highest BCUT2D eigenvalue weighted by atomic mass is 16.2. The Morgan fingerprint density at radius 3 is 2.39 bits per heavy atom. The van der Waals surface area contributed by atoms with E-state index in [4.69, 9.17) is 0 Å². The minimum Gasteiger partial charge on any atom is -0.356 e. The molecule has 2 aromatic rings. The highest BCUT2D eigenvalue weighted by molar-refractivity contribution is 5.94. The minimum absolute atomic E-state index is 0.0133. The average Bonchev–Trinajstić information content (AvgIpc) is 2.87. The molecule has 2 amide bonds. The summed E-state index contributed by atoms with van der Waals surface area (Å²) >= 11 is 0. The first-order valence-corrected chi connectivity index (χ1v) is 7.61. The summed E-state index contributed by atoms with van der Waals surface area (Å²) in [6.45, 7) is 2.31. The molecule has 0 unspecified atom stereocenters. The van der Waals surface area contributed by atoms with Gasteiger partial charge >= 0.3 is 0 Å². The summed E-state index contributed by atoms with van der Waals surface area (Å²) in [6, 6.07) is 1.82. The molecule has 0 radical (unpaired) electrons. The van der Waals surface area contributed by atoms with Gasteiger partial charge in [0.25, 0.3) is 11.8 Å². The number of hydrogen-bond donors (Lipinski definition) is 0. The number of aryl methyl sites for hydroxylation is 1. The molecule has 1 aliphatic rings. The van der Waals surface area contributed by atoms with Crippen molar-refractivity contribution in [1.29, 1.82) is 0 Å². The van der Waals surface area contributed by atoms with Crippen LogP contribution < -0.4 is 0 Å². The van der Waals surface area contributed by atoms with Gasteiger partial charge in [0.2, 0.25) is 0 Å². The van der Waals surface area contributed by atoms with Crippen molar-refractivity contribution in [2.75, 3.05) is 26.2 Å². The van der Waals surface area contributed by atoms with E-state index < -0.39 is 0 Å². The van der Waals surface area contributed by atoms with Crippen molar-refractivity contribution in [1.82, 2.24) is 24.3 Å². The van der Waals surface area contributed by atoms with Gasteiger partial charge in [0.05, 0.1) is 11.8 Å². The zero-order chi connectivity index (χ0) is 16.2. The van der Waals surface area contributed by atoms with Crippen LogP contribution in [0.2, 0.25) is 0 Å². The number of nitrogens with zero attached hydrogens (tertiary/aromatic N) is 5. The zero-order valence-electron chi connectivity index (χ0n) is 13.1. The highest BCUT2D eigenvalue weighted by Gasteiger charge is 2.24. The fraction of sp³-hybridized carbons (Fsp3) is 0.375. The second kappa shape index (κ2) is 6.60. The number of hydrogen-bond acceptors (Lipinski definition) is 4. The normalized spacial score (nSPS) is 15.3. The number of carbonyl (C=O) groups is 2. The van der Waals surface area contributed by atoms with Crippen molar-refractivity contribution in [3.8, 4) is 0 Å². The molecule has 0 N–H and O–H groups in total. The molecular weight excluding hydrogens is 294 g/mol. The number of amides is 2. The lowest BCUT2D eigenvalue weighted by Gasteiger charge is -2.21. The molecule has 0 saturated carbocycles. The van der Waals surface area contributed by atoms with Crippen LogP contribution in [-0.2, 0) is 7.05 Å². The van der Waals surface area contributed by atoms with E-state index in [-0.39, 0.29) is 11.8 Å². The molecule has 0 spiro atoms. The Labute approximate surface area is 134 Å². The topological polar surface area (TPSA) is 71.3 Å². The lowest BCUT2D eigenvalue weighted by molar-refractivity contribution is 0.0715. The van der Waals surface area contributed by atoms with Gasteiger partial charge in [0.1, 0.15) is 5.69 Å². The monoisotopic (exact) mass is 313 g/mol. The molecule has 23 heavy (non-hydrogen) atoms. The maximum absolute atomic E-state index is 12.5. The fourth-order valence-electron chi connectivity index (χ4n) is 2.71. The van der Waals surface area contributed by atoms with Crippen LogP contribution >= 0.6 is 0 Å². The van der Waals surface area contributed by atoms with Crippen molar-refractivity contribution in [2.45, 2.75) is 6.42 Å². The molecule has 120 valence electrons. The Morgan fingerprint density at radius 1 is 1.04 bits per heavy atom. The van der Waals surface area contributed by atoms with Crippen LogP contribution in [0.5, 0.6) is 0 Å². The summed E-state index contributed by atoms with van der Waals surface area (Å²) in [4.78, 5) is 36.4. The van der Waals surface area contributed by atoms with E-state index in [0.717, 1.165) is 6.42 Å². The first-order valence-electron chi connectivity index (χ1n) is 7.61. The lowest BCUT2D eigenvalue weighted by atomic mass is 10.3. The van der Waals surface area contributed by atoms with Crippen LogP contribution in [0, 0.1) is 0 Å². The quantitative estimate of drug-likeness (QED) is 0.822. The SMILES string of the molecule is Cn1ccc(C(=O)N2CCCN(C(=O)c3cnccn3)CC2)c1. The van der Waals surface area contributed by atoms with E-state index >= 15 is 0 Å². The second-order valence-electron chi connectivity index (χ2n) is 5.59. The summed E-state index contributed by atoms with van der Waals surface area (Å²) in [5, 5.41) is 0. The van der Waals surface area contributed by atoms with Gasteiger partial charge in [-0.15, -0.1) is 0 Å². The van der Waals surface area contributed by atoms with Gasteiger partial charge in [0.15, 0.2) is 0 Å². The van der Waals surface area contributed by atoms with Gasteiger partial charge in [-0.3, -0.25) is 14.6 Å². The molecule has 7 heteroatoms. The molecule has 0 aromatic carbocycles. The third-order valence-electron chi connectivity index (χ3n) is 3.93. The minimum atomic E-state index is -0.132. The fourth-order valence-corrected chi connectivity index (χ4v) is 2.71. The van der Waals surface area contributed by atoms with Gasteiger partial charge in [0, 0.05) is 58.0 Å². The first-order chi connectivity index (χ1) is 11.1. The summed E-state index contributed by atoms with van der Waals surface area (Å²) in [5.41, 5.74) is 1.02. The van der Waals surface area contributed by atoms with E-state index in [1.807, 2.05) is 30.1 Å². The molecular formula is C16H19N5O2. The lowest BCUT2D eigenvalue weighted by Crippen LogP contribution is -2.37. The summed E-state index contributed by atoms with van der Waals surface area (Å²) < 4.78 is 1.86. The maximum Gasteiger partial charge on any atom is 0.274 e. The molecule has 0 bridgehead atoms. The molecule has 2 aromatic heterocycles. The predicted octanol–water partition coefficient (Wildman–Crippen LogP) is 0.803. The second-order valence-corrected chi connectivity index (χ2v) is 5.59. The molecule has 3 heterocycles. The van der Waals surface area contributed by atoms with E-state index in [1.165, 1.54) is 12.4 Å². The van der Waals surface area contributed by atoms with E-state index in [0.29, 0.717) is 37.4 Å². The summed E-state index contributed by atoms with van der Waals surface area (Å²) in [6.07, 6.45) is 8.95.